The molecular weight excluding hydrogens is 380 g/mol. The van der Waals surface area contributed by atoms with E-state index < -0.39 is 0 Å². The Morgan fingerprint density at radius 3 is 2.74 bits per heavy atom. The average Bonchev–Trinajstić information content (AvgIpc) is 3.03. The lowest BCUT2D eigenvalue weighted by molar-refractivity contribution is 0.102. The molecule has 6 nitrogen and oxygen atoms in total. The maximum atomic E-state index is 12.2. The summed E-state index contributed by atoms with van der Waals surface area (Å²) in [5, 5.41) is 3.15. The van der Waals surface area contributed by atoms with Gasteiger partial charge in [0.05, 0.1) is 12.7 Å². The molecule has 1 amide bonds. The van der Waals surface area contributed by atoms with E-state index in [9.17, 15) is 4.79 Å². The van der Waals surface area contributed by atoms with Gasteiger partial charge in [-0.3, -0.25) is 10.1 Å². The van der Waals surface area contributed by atoms with Crippen molar-refractivity contribution in [1.29, 1.82) is 0 Å². The second-order valence-corrected chi connectivity index (χ2v) is 5.95. The molecule has 0 aliphatic carbocycles. The molecule has 0 atom stereocenters. The first kappa shape index (κ1) is 15.6. The highest BCUT2D eigenvalue weighted by Crippen LogP contribution is 2.24. The summed E-state index contributed by atoms with van der Waals surface area (Å²) in [5.41, 5.74) is 1.29. The third kappa shape index (κ3) is 3.54. The van der Waals surface area contributed by atoms with Crippen molar-refractivity contribution in [1.82, 2.24) is 14.3 Å². The van der Waals surface area contributed by atoms with E-state index in [2.05, 4.69) is 35.6 Å². The number of rotatable bonds is 4. The van der Waals surface area contributed by atoms with Crippen LogP contribution in [0.25, 0.3) is 11.4 Å². The number of hydrogen-bond donors (Lipinski definition) is 1. The van der Waals surface area contributed by atoms with E-state index >= 15 is 0 Å². The number of halogens is 1. The molecule has 0 bridgehead atoms. The molecular formula is C15H11BrN4O2S. The maximum Gasteiger partial charge on any atom is 0.260 e. The summed E-state index contributed by atoms with van der Waals surface area (Å²) in [6.45, 7) is 0. The fourth-order valence-electron chi connectivity index (χ4n) is 1.85. The highest BCUT2D eigenvalue weighted by atomic mass is 79.9. The topological polar surface area (TPSA) is 77.0 Å². The Kier molecular flexibility index (Phi) is 4.63. The molecule has 2 heterocycles. The van der Waals surface area contributed by atoms with Crippen LogP contribution in [-0.4, -0.2) is 27.4 Å². The van der Waals surface area contributed by atoms with Crippen LogP contribution >= 0.6 is 27.5 Å². The van der Waals surface area contributed by atoms with E-state index in [4.69, 9.17) is 4.74 Å². The Labute approximate surface area is 144 Å². The summed E-state index contributed by atoms with van der Waals surface area (Å²) in [7, 11) is 1.61. The van der Waals surface area contributed by atoms with E-state index in [1.54, 1.807) is 25.4 Å². The van der Waals surface area contributed by atoms with Crippen LogP contribution in [0.1, 0.15) is 10.4 Å². The second kappa shape index (κ2) is 6.84. The fourth-order valence-corrected chi connectivity index (χ4v) is 2.87. The molecule has 116 valence electrons. The number of nitrogens with one attached hydrogen (secondary N) is 1. The number of nitrogens with zero attached hydrogens (tertiary/aromatic N) is 3. The lowest BCUT2D eigenvalue weighted by Gasteiger charge is -2.02. The van der Waals surface area contributed by atoms with Gasteiger partial charge in [0, 0.05) is 23.3 Å². The highest BCUT2D eigenvalue weighted by Gasteiger charge is 2.14. The lowest BCUT2D eigenvalue weighted by atomic mass is 10.2. The molecule has 0 spiro atoms. The molecule has 0 aliphatic rings. The monoisotopic (exact) mass is 390 g/mol. The molecule has 0 fully saturated rings. The van der Waals surface area contributed by atoms with Gasteiger partial charge in [-0.05, 0) is 52.3 Å². The van der Waals surface area contributed by atoms with Crippen molar-refractivity contribution < 1.29 is 9.53 Å². The zero-order chi connectivity index (χ0) is 16.2. The molecule has 0 unspecified atom stereocenters. The number of pyridine rings is 1. The Morgan fingerprint density at radius 2 is 2.04 bits per heavy atom. The zero-order valence-electron chi connectivity index (χ0n) is 12.0. The van der Waals surface area contributed by atoms with Crippen molar-refractivity contribution in [3.63, 3.8) is 0 Å². The smallest absolute Gasteiger partial charge is 0.260 e. The Morgan fingerprint density at radius 1 is 1.26 bits per heavy atom. The van der Waals surface area contributed by atoms with E-state index in [1.807, 2.05) is 24.3 Å². The number of hydrogen-bond acceptors (Lipinski definition) is 6. The van der Waals surface area contributed by atoms with Crippen LogP contribution < -0.4 is 10.1 Å². The highest BCUT2D eigenvalue weighted by molar-refractivity contribution is 9.10. The fraction of sp³-hybridized carbons (Fsp3) is 0.0667. The van der Waals surface area contributed by atoms with Gasteiger partial charge in [0.2, 0.25) is 5.13 Å². The third-order valence-corrected chi connectivity index (χ3v) is 4.26. The van der Waals surface area contributed by atoms with Gasteiger partial charge in [0.25, 0.3) is 5.91 Å². The summed E-state index contributed by atoms with van der Waals surface area (Å²) >= 11 is 4.37. The van der Waals surface area contributed by atoms with Gasteiger partial charge in [0.15, 0.2) is 5.82 Å². The maximum absolute atomic E-state index is 12.2. The summed E-state index contributed by atoms with van der Waals surface area (Å²) in [4.78, 5) is 20.6. The van der Waals surface area contributed by atoms with Crippen molar-refractivity contribution in [2.75, 3.05) is 12.4 Å². The van der Waals surface area contributed by atoms with Crippen LogP contribution in [0, 0.1) is 0 Å². The van der Waals surface area contributed by atoms with Crippen molar-refractivity contribution in [2.45, 2.75) is 0 Å². The second-order valence-electron chi connectivity index (χ2n) is 4.45. The molecule has 0 saturated heterocycles. The predicted molar refractivity (Wildman–Crippen MR) is 91.8 cm³/mol. The summed E-state index contributed by atoms with van der Waals surface area (Å²) in [5.74, 6) is 1.03. The molecule has 0 aliphatic heterocycles. The number of aromatic nitrogens is 3. The van der Waals surface area contributed by atoms with Crippen molar-refractivity contribution in [3.8, 4) is 17.1 Å². The standard InChI is InChI=1S/C15H11BrN4O2S/c1-22-10-6-4-9(5-7-10)13-18-15(23-20-13)19-14(21)11-3-2-8-17-12(11)16/h2-8H,1H3,(H,18,19,20,21). The van der Waals surface area contributed by atoms with E-state index in [1.165, 1.54) is 0 Å². The summed E-state index contributed by atoms with van der Waals surface area (Å²) in [6.07, 6.45) is 1.60. The van der Waals surface area contributed by atoms with Crippen LogP contribution in [0.5, 0.6) is 5.75 Å². The van der Waals surface area contributed by atoms with Gasteiger partial charge >= 0.3 is 0 Å². The first-order chi connectivity index (χ1) is 11.2. The largest absolute Gasteiger partial charge is 0.497 e. The minimum atomic E-state index is -0.289. The molecule has 3 aromatic rings. The van der Waals surface area contributed by atoms with Gasteiger partial charge in [-0.25, -0.2) is 4.98 Å². The number of methoxy groups -OCH3 is 1. The molecule has 2 aromatic heterocycles. The molecule has 3 rings (SSSR count). The number of anilines is 1. The van der Waals surface area contributed by atoms with Gasteiger partial charge in [0.1, 0.15) is 10.4 Å². The van der Waals surface area contributed by atoms with Crippen molar-refractivity contribution in [3.05, 3.63) is 52.8 Å². The minimum absolute atomic E-state index is 0.289. The van der Waals surface area contributed by atoms with Gasteiger partial charge in [-0.2, -0.15) is 9.36 Å². The van der Waals surface area contributed by atoms with Crippen LogP contribution in [0.4, 0.5) is 5.13 Å². The third-order valence-electron chi connectivity index (χ3n) is 3.00. The molecule has 0 radical (unpaired) electrons. The van der Waals surface area contributed by atoms with Crippen molar-refractivity contribution >= 4 is 38.5 Å². The van der Waals surface area contributed by atoms with E-state index in [0.717, 1.165) is 22.8 Å². The summed E-state index contributed by atoms with van der Waals surface area (Å²) < 4.78 is 9.86. The van der Waals surface area contributed by atoms with E-state index in [-0.39, 0.29) is 5.91 Å². The first-order valence-corrected chi connectivity index (χ1v) is 8.14. The SMILES string of the molecule is COc1ccc(-c2nsc(NC(=O)c3cccnc3Br)n2)cc1. The molecule has 1 aromatic carbocycles. The molecule has 8 heteroatoms. The average molecular weight is 391 g/mol. The van der Waals surface area contributed by atoms with Crippen LogP contribution in [0.15, 0.2) is 47.2 Å². The number of benzene rings is 1. The summed E-state index contributed by atoms with van der Waals surface area (Å²) in [6, 6.07) is 10.8. The number of carbonyl (C=O) groups is 1. The van der Waals surface area contributed by atoms with Crippen LogP contribution in [-0.2, 0) is 0 Å². The zero-order valence-corrected chi connectivity index (χ0v) is 14.4. The number of ether oxygens (including phenoxy) is 1. The van der Waals surface area contributed by atoms with Crippen LogP contribution in [0.3, 0.4) is 0 Å². The lowest BCUT2D eigenvalue weighted by Crippen LogP contribution is -2.12. The van der Waals surface area contributed by atoms with Gasteiger partial charge < -0.3 is 4.74 Å². The molecule has 0 saturated carbocycles. The first-order valence-electron chi connectivity index (χ1n) is 6.57. The van der Waals surface area contributed by atoms with Crippen LogP contribution in [0.2, 0.25) is 0 Å². The minimum Gasteiger partial charge on any atom is -0.497 e. The molecule has 1 N–H and O–H groups in total. The Hall–Kier alpha value is -2.32. The number of carbonyl (C=O) groups excluding carboxylic acids is 1. The van der Waals surface area contributed by atoms with Crippen molar-refractivity contribution in [2.24, 2.45) is 0 Å². The Bertz CT molecular complexity index is 836. The van der Waals surface area contributed by atoms with Gasteiger partial charge in [-0.1, -0.05) is 0 Å². The normalized spacial score (nSPS) is 10.3. The Balaban J connectivity index is 1.76. The van der Waals surface area contributed by atoms with Gasteiger partial charge in [-0.15, -0.1) is 0 Å². The predicted octanol–water partition coefficient (Wildman–Crippen LogP) is 3.62. The van der Waals surface area contributed by atoms with E-state index in [0.29, 0.717) is 21.1 Å². The molecule has 23 heavy (non-hydrogen) atoms. The number of amides is 1. The quantitative estimate of drug-likeness (QED) is 0.688.